The van der Waals surface area contributed by atoms with E-state index in [4.69, 9.17) is 11.6 Å². The van der Waals surface area contributed by atoms with E-state index in [0.717, 1.165) is 6.07 Å². The Morgan fingerprint density at radius 3 is 2.60 bits per heavy atom. The van der Waals surface area contributed by atoms with Crippen molar-refractivity contribution >= 4 is 23.2 Å². The molecule has 20 heavy (non-hydrogen) atoms. The minimum absolute atomic E-state index is 0.190. The smallest absolute Gasteiger partial charge is 0.261 e. The quantitative estimate of drug-likeness (QED) is 0.842. The van der Waals surface area contributed by atoms with E-state index >= 15 is 0 Å². The molecule has 2 rings (SSSR count). The maximum absolute atomic E-state index is 13.9. The molecule has 2 aromatic carbocycles. The van der Waals surface area contributed by atoms with Crippen molar-refractivity contribution in [2.24, 2.45) is 0 Å². The summed E-state index contributed by atoms with van der Waals surface area (Å²) in [5, 5.41) is 2.48. The van der Waals surface area contributed by atoms with Gasteiger partial charge in [0.1, 0.15) is 17.2 Å². The van der Waals surface area contributed by atoms with Crippen molar-refractivity contribution in [3.05, 3.63) is 64.7 Å². The van der Waals surface area contributed by atoms with Crippen molar-refractivity contribution < 1.29 is 13.6 Å². The topological polar surface area (TPSA) is 29.1 Å². The van der Waals surface area contributed by atoms with E-state index < -0.39 is 23.1 Å². The summed E-state index contributed by atoms with van der Waals surface area (Å²) in [5.74, 6) is -2.39. The van der Waals surface area contributed by atoms with E-state index in [1.165, 1.54) is 13.0 Å². The summed E-state index contributed by atoms with van der Waals surface area (Å²) in [6.07, 6.45) is 0. The number of halogens is 3. The molecule has 104 valence electrons. The highest BCUT2D eigenvalue weighted by atomic mass is 35.5. The third kappa shape index (κ3) is 2.80. The summed E-state index contributed by atoms with van der Waals surface area (Å²) in [6, 6.07) is 9.18. The summed E-state index contributed by atoms with van der Waals surface area (Å²) >= 11 is 5.75. The Balaban J connectivity index is 2.36. The normalized spacial score (nSPS) is 10.4. The van der Waals surface area contributed by atoms with Gasteiger partial charge in [-0.15, -0.1) is 11.6 Å². The molecule has 2 aromatic rings. The average molecular weight is 296 g/mol. The fourth-order valence-corrected chi connectivity index (χ4v) is 2.04. The highest BCUT2D eigenvalue weighted by Crippen LogP contribution is 2.21. The van der Waals surface area contributed by atoms with Crippen LogP contribution in [0.4, 0.5) is 14.5 Å². The van der Waals surface area contributed by atoms with E-state index in [1.807, 2.05) is 0 Å². The fourth-order valence-electron chi connectivity index (χ4n) is 1.81. The van der Waals surface area contributed by atoms with Gasteiger partial charge in [-0.3, -0.25) is 4.79 Å². The lowest BCUT2D eigenvalue weighted by Crippen LogP contribution is -2.17. The molecule has 2 nitrogen and oxygen atoms in total. The molecule has 5 heteroatoms. The zero-order valence-corrected chi connectivity index (χ0v) is 11.5. The molecule has 0 atom stereocenters. The summed E-state index contributed by atoms with van der Waals surface area (Å²) in [7, 11) is 0. The van der Waals surface area contributed by atoms with Gasteiger partial charge in [-0.05, 0) is 30.2 Å². The highest BCUT2D eigenvalue weighted by Gasteiger charge is 2.19. The molecule has 0 saturated heterocycles. The van der Waals surface area contributed by atoms with Crippen LogP contribution in [0.5, 0.6) is 0 Å². The third-order valence-corrected chi connectivity index (χ3v) is 3.21. The van der Waals surface area contributed by atoms with Gasteiger partial charge in [-0.2, -0.15) is 0 Å². The highest BCUT2D eigenvalue weighted by molar-refractivity contribution is 6.17. The molecule has 0 aromatic heterocycles. The third-order valence-electron chi connectivity index (χ3n) is 2.92. The van der Waals surface area contributed by atoms with Gasteiger partial charge >= 0.3 is 0 Å². The lowest BCUT2D eigenvalue weighted by atomic mass is 10.1. The van der Waals surface area contributed by atoms with Gasteiger partial charge in [-0.1, -0.05) is 24.3 Å². The minimum Gasteiger partial charge on any atom is -0.322 e. The zero-order valence-electron chi connectivity index (χ0n) is 10.7. The van der Waals surface area contributed by atoms with Crippen molar-refractivity contribution in [1.82, 2.24) is 0 Å². The molecule has 0 unspecified atom stereocenters. The Hall–Kier alpha value is -1.94. The molecule has 0 aliphatic rings. The van der Waals surface area contributed by atoms with E-state index in [1.54, 1.807) is 24.3 Å². The summed E-state index contributed by atoms with van der Waals surface area (Å²) in [5.41, 5.74) is 0.736. The Morgan fingerprint density at radius 2 is 1.90 bits per heavy atom. The standard InChI is InChI=1S/C15H12ClF2NO/c1-9-6-7-11(17)13(14(9)18)15(20)19-12-5-3-2-4-10(12)8-16/h2-7H,8H2,1H3,(H,19,20). The van der Waals surface area contributed by atoms with Crippen molar-refractivity contribution in [2.45, 2.75) is 12.8 Å². The summed E-state index contributed by atoms with van der Waals surface area (Å²) < 4.78 is 27.5. The van der Waals surface area contributed by atoms with E-state index in [9.17, 15) is 13.6 Å². The average Bonchev–Trinajstić information content (AvgIpc) is 2.44. The number of amides is 1. The van der Waals surface area contributed by atoms with Gasteiger partial charge in [0.25, 0.3) is 5.91 Å². The molecule has 0 fully saturated rings. The predicted molar refractivity (Wildman–Crippen MR) is 75.0 cm³/mol. The number of anilines is 1. The number of carbonyl (C=O) groups excluding carboxylic acids is 1. The Kier molecular flexibility index (Phi) is 4.35. The lowest BCUT2D eigenvalue weighted by molar-refractivity contribution is 0.101. The summed E-state index contributed by atoms with van der Waals surface area (Å²) in [6.45, 7) is 1.47. The molecule has 0 aliphatic heterocycles. The second-order valence-electron chi connectivity index (χ2n) is 4.30. The number of para-hydroxylation sites is 1. The van der Waals surface area contributed by atoms with Crippen LogP contribution < -0.4 is 5.32 Å². The first kappa shape index (κ1) is 14.5. The van der Waals surface area contributed by atoms with Crippen LogP contribution in [-0.2, 0) is 5.88 Å². The minimum atomic E-state index is -0.894. The van der Waals surface area contributed by atoms with E-state index in [-0.39, 0.29) is 11.4 Å². The molecule has 0 heterocycles. The van der Waals surface area contributed by atoms with Gasteiger partial charge in [0.2, 0.25) is 0 Å². The van der Waals surface area contributed by atoms with Crippen molar-refractivity contribution in [3.8, 4) is 0 Å². The number of nitrogens with one attached hydrogen (secondary N) is 1. The first-order chi connectivity index (χ1) is 9.54. The zero-order chi connectivity index (χ0) is 14.7. The van der Waals surface area contributed by atoms with Crippen LogP contribution in [0.1, 0.15) is 21.5 Å². The van der Waals surface area contributed by atoms with Crippen LogP contribution in [0.2, 0.25) is 0 Å². The van der Waals surface area contributed by atoms with E-state index in [0.29, 0.717) is 11.3 Å². The van der Waals surface area contributed by atoms with Crippen molar-refractivity contribution in [1.29, 1.82) is 0 Å². The van der Waals surface area contributed by atoms with Crippen LogP contribution >= 0.6 is 11.6 Å². The molecule has 0 radical (unpaired) electrons. The van der Waals surface area contributed by atoms with Crippen LogP contribution in [0.25, 0.3) is 0 Å². The lowest BCUT2D eigenvalue weighted by Gasteiger charge is -2.11. The fraction of sp³-hybridized carbons (Fsp3) is 0.133. The number of carbonyl (C=O) groups is 1. The number of alkyl halides is 1. The molecule has 0 saturated carbocycles. The maximum atomic E-state index is 13.9. The molecule has 0 bridgehead atoms. The number of rotatable bonds is 3. The van der Waals surface area contributed by atoms with Crippen LogP contribution in [0.15, 0.2) is 36.4 Å². The van der Waals surface area contributed by atoms with Crippen LogP contribution in [-0.4, -0.2) is 5.91 Å². The van der Waals surface area contributed by atoms with Gasteiger partial charge < -0.3 is 5.32 Å². The van der Waals surface area contributed by atoms with Gasteiger partial charge in [0.05, 0.1) is 0 Å². The molecular formula is C15H12ClF2NO. The number of benzene rings is 2. The van der Waals surface area contributed by atoms with Gasteiger partial charge in [0, 0.05) is 11.6 Å². The van der Waals surface area contributed by atoms with Crippen LogP contribution in [0.3, 0.4) is 0 Å². The second kappa shape index (κ2) is 6.01. The Labute approximate surface area is 120 Å². The number of hydrogen-bond donors (Lipinski definition) is 1. The Morgan fingerprint density at radius 1 is 1.20 bits per heavy atom. The number of aryl methyl sites for hydroxylation is 1. The molecule has 1 N–H and O–H groups in total. The molecular weight excluding hydrogens is 284 g/mol. The predicted octanol–water partition coefficient (Wildman–Crippen LogP) is 4.26. The summed E-state index contributed by atoms with van der Waals surface area (Å²) in [4.78, 5) is 12.0. The number of hydrogen-bond acceptors (Lipinski definition) is 1. The molecule has 0 aliphatic carbocycles. The largest absolute Gasteiger partial charge is 0.322 e. The van der Waals surface area contributed by atoms with Crippen molar-refractivity contribution in [3.63, 3.8) is 0 Å². The molecule has 1 amide bonds. The van der Waals surface area contributed by atoms with E-state index in [2.05, 4.69) is 5.32 Å². The maximum Gasteiger partial charge on any atom is 0.261 e. The SMILES string of the molecule is Cc1ccc(F)c(C(=O)Nc2ccccc2CCl)c1F. The van der Waals surface area contributed by atoms with Gasteiger partial charge in [-0.25, -0.2) is 8.78 Å². The first-order valence-electron chi connectivity index (χ1n) is 5.94. The first-order valence-corrected chi connectivity index (χ1v) is 6.48. The monoisotopic (exact) mass is 295 g/mol. The molecule has 0 spiro atoms. The second-order valence-corrected chi connectivity index (χ2v) is 4.57. The van der Waals surface area contributed by atoms with Gasteiger partial charge in [0.15, 0.2) is 0 Å². The van der Waals surface area contributed by atoms with Crippen molar-refractivity contribution in [2.75, 3.05) is 5.32 Å². The van der Waals surface area contributed by atoms with Crippen LogP contribution in [0, 0.1) is 18.6 Å². The Bertz CT molecular complexity index is 658.